The number of aromatic nitrogens is 5. The van der Waals surface area contributed by atoms with Crippen LogP contribution < -0.4 is 0 Å². The number of thiophene rings is 1. The Morgan fingerprint density at radius 2 is 2.07 bits per heavy atom. The smallest absolute Gasteiger partial charge is 0.248 e. The van der Waals surface area contributed by atoms with E-state index in [1.807, 2.05) is 19.3 Å². The van der Waals surface area contributed by atoms with E-state index in [0.717, 1.165) is 10.9 Å². The molecule has 1 fully saturated rings. The van der Waals surface area contributed by atoms with Gasteiger partial charge in [0, 0.05) is 54.0 Å². The Labute approximate surface area is 156 Å². The zero-order valence-electron chi connectivity index (χ0n) is 14.3. The second kappa shape index (κ2) is 5.74. The molecule has 0 saturated heterocycles. The van der Waals surface area contributed by atoms with Gasteiger partial charge in [-0.15, -0.1) is 11.3 Å². The normalized spacial score (nSPS) is 18.1. The van der Waals surface area contributed by atoms with Gasteiger partial charge in [-0.3, -0.25) is 9.67 Å². The molecule has 0 spiro atoms. The SMILES string of the molecule is Cn1cc2cc(-c3cnc4cc([C@H](O)C5CC(F)(F)C5)sc4n3)cnc2n1. The Kier molecular flexibility index (Phi) is 3.54. The second-order valence-corrected chi connectivity index (χ2v) is 8.07. The largest absolute Gasteiger partial charge is 0.387 e. The van der Waals surface area contributed by atoms with Gasteiger partial charge in [-0.25, -0.2) is 18.7 Å². The molecule has 27 heavy (non-hydrogen) atoms. The first kappa shape index (κ1) is 16.6. The first-order chi connectivity index (χ1) is 12.9. The summed E-state index contributed by atoms with van der Waals surface area (Å²) < 4.78 is 27.9. The van der Waals surface area contributed by atoms with Crippen molar-refractivity contribution in [3.8, 4) is 11.3 Å². The number of aliphatic hydroxyl groups is 1. The topological polar surface area (TPSA) is 76.7 Å². The Morgan fingerprint density at radius 1 is 1.26 bits per heavy atom. The number of rotatable bonds is 3. The lowest BCUT2D eigenvalue weighted by Gasteiger charge is -2.37. The number of halogens is 2. The van der Waals surface area contributed by atoms with Gasteiger partial charge in [0.1, 0.15) is 10.3 Å². The molecule has 1 N–H and O–H groups in total. The molecule has 0 bridgehead atoms. The Hall–Kier alpha value is -2.52. The summed E-state index contributed by atoms with van der Waals surface area (Å²) in [5.74, 6) is -3.06. The number of pyridine rings is 1. The lowest BCUT2D eigenvalue weighted by atomic mass is 9.77. The molecule has 138 valence electrons. The zero-order chi connectivity index (χ0) is 18.8. The average molecular weight is 387 g/mol. The van der Waals surface area contributed by atoms with E-state index >= 15 is 0 Å². The summed E-state index contributed by atoms with van der Waals surface area (Å²) >= 11 is 1.29. The number of fused-ring (bicyclic) bond motifs is 2. The van der Waals surface area contributed by atoms with Gasteiger partial charge >= 0.3 is 0 Å². The molecule has 4 aromatic rings. The summed E-state index contributed by atoms with van der Waals surface area (Å²) in [6.45, 7) is 0. The summed E-state index contributed by atoms with van der Waals surface area (Å²) in [7, 11) is 1.84. The van der Waals surface area contributed by atoms with Crippen LogP contribution in [0.3, 0.4) is 0 Å². The van der Waals surface area contributed by atoms with E-state index in [9.17, 15) is 13.9 Å². The van der Waals surface area contributed by atoms with Crippen molar-refractivity contribution >= 4 is 32.7 Å². The van der Waals surface area contributed by atoms with Crippen LogP contribution in [0.2, 0.25) is 0 Å². The summed E-state index contributed by atoms with van der Waals surface area (Å²) in [5.41, 5.74) is 2.80. The highest BCUT2D eigenvalue weighted by atomic mass is 32.1. The van der Waals surface area contributed by atoms with Crippen molar-refractivity contribution in [2.45, 2.75) is 24.9 Å². The predicted octanol–water partition coefficient (Wildman–Crippen LogP) is 3.72. The monoisotopic (exact) mass is 387 g/mol. The van der Waals surface area contributed by atoms with Crippen LogP contribution in [0.5, 0.6) is 0 Å². The van der Waals surface area contributed by atoms with Crippen LogP contribution in [0.4, 0.5) is 8.78 Å². The van der Waals surface area contributed by atoms with Gasteiger partial charge in [-0.1, -0.05) is 0 Å². The predicted molar refractivity (Wildman–Crippen MR) is 97.5 cm³/mol. The summed E-state index contributed by atoms with van der Waals surface area (Å²) in [6, 6.07) is 3.69. The molecule has 1 atom stereocenters. The summed E-state index contributed by atoms with van der Waals surface area (Å²) in [5, 5.41) is 15.5. The third-order valence-electron chi connectivity index (χ3n) is 4.89. The molecule has 6 nitrogen and oxygen atoms in total. The van der Waals surface area contributed by atoms with E-state index in [-0.39, 0.29) is 12.8 Å². The molecule has 5 rings (SSSR count). The van der Waals surface area contributed by atoms with Crippen molar-refractivity contribution in [1.82, 2.24) is 24.7 Å². The standard InChI is InChI=1S/C18H15F2N5OS/c1-25-8-10-2-9(6-22-16(10)24-25)13-7-21-12-3-14(27-17(12)23-13)15(26)11-4-18(19,20)5-11/h2-3,6-8,11,15,26H,4-5H2,1H3/t15-/m1/s1. The van der Waals surface area contributed by atoms with Crippen LogP contribution in [-0.2, 0) is 7.05 Å². The minimum absolute atomic E-state index is 0.273. The number of hydrogen-bond donors (Lipinski definition) is 1. The van der Waals surface area contributed by atoms with Crippen LogP contribution in [0.15, 0.2) is 30.7 Å². The second-order valence-electron chi connectivity index (χ2n) is 7.00. The van der Waals surface area contributed by atoms with E-state index in [0.29, 0.717) is 26.6 Å². The van der Waals surface area contributed by atoms with Gasteiger partial charge in [-0.05, 0) is 12.1 Å². The molecule has 1 aliphatic rings. The molecule has 0 aliphatic heterocycles. The number of alkyl halides is 2. The van der Waals surface area contributed by atoms with E-state index < -0.39 is 17.9 Å². The quantitative estimate of drug-likeness (QED) is 0.580. The van der Waals surface area contributed by atoms with E-state index in [4.69, 9.17) is 0 Å². The molecule has 9 heteroatoms. The first-order valence-corrected chi connectivity index (χ1v) is 9.32. The highest BCUT2D eigenvalue weighted by molar-refractivity contribution is 7.18. The molecular formula is C18H15F2N5OS. The van der Waals surface area contributed by atoms with Crippen LogP contribution in [-0.4, -0.2) is 35.8 Å². The maximum atomic E-state index is 13.1. The third kappa shape index (κ3) is 2.87. The fourth-order valence-electron chi connectivity index (χ4n) is 3.45. The molecule has 4 heterocycles. The Morgan fingerprint density at radius 3 is 2.85 bits per heavy atom. The Balaban J connectivity index is 1.47. The van der Waals surface area contributed by atoms with Crippen LogP contribution >= 0.6 is 11.3 Å². The molecule has 1 aliphatic carbocycles. The van der Waals surface area contributed by atoms with Crippen molar-refractivity contribution in [1.29, 1.82) is 0 Å². The number of nitrogens with zero attached hydrogens (tertiary/aromatic N) is 5. The number of aliphatic hydroxyl groups excluding tert-OH is 1. The molecule has 0 radical (unpaired) electrons. The zero-order valence-corrected chi connectivity index (χ0v) is 15.1. The molecule has 0 amide bonds. The number of hydrogen-bond acceptors (Lipinski definition) is 6. The van der Waals surface area contributed by atoms with Gasteiger partial charge in [0.05, 0.1) is 18.0 Å². The maximum absolute atomic E-state index is 13.1. The average Bonchev–Trinajstić information content (AvgIpc) is 3.19. The van der Waals surface area contributed by atoms with Gasteiger partial charge in [0.25, 0.3) is 0 Å². The lowest BCUT2D eigenvalue weighted by molar-refractivity contribution is -0.141. The molecule has 0 aromatic carbocycles. The van der Waals surface area contributed by atoms with Crippen LogP contribution in [0.25, 0.3) is 32.6 Å². The fourth-order valence-corrected chi connectivity index (χ4v) is 4.52. The van der Waals surface area contributed by atoms with Crippen molar-refractivity contribution in [3.63, 3.8) is 0 Å². The molecule has 4 aromatic heterocycles. The van der Waals surface area contributed by atoms with Crippen molar-refractivity contribution < 1.29 is 13.9 Å². The molecular weight excluding hydrogens is 372 g/mol. The molecule has 0 unspecified atom stereocenters. The maximum Gasteiger partial charge on any atom is 0.248 e. The van der Waals surface area contributed by atoms with Crippen LogP contribution in [0.1, 0.15) is 23.8 Å². The van der Waals surface area contributed by atoms with Gasteiger partial charge in [-0.2, -0.15) is 5.10 Å². The van der Waals surface area contributed by atoms with Crippen molar-refractivity contribution in [3.05, 3.63) is 35.6 Å². The summed E-state index contributed by atoms with van der Waals surface area (Å²) in [4.78, 5) is 14.7. The van der Waals surface area contributed by atoms with Crippen molar-refractivity contribution in [2.75, 3.05) is 0 Å². The van der Waals surface area contributed by atoms with Crippen LogP contribution in [0, 0.1) is 5.92 Å². The minimum atomic E-state index is -2.65. The van der Waals surface area contributed by atoms with E-state index in [1.54, 1.807) is 23.1 Å². The fraction of sp³-hybridized carbons (Fsp3) is 0.333. The highest BCUT2D eigenvalue weighted by Gasteiger charge is 2.48. The van der Waals surface area contributed by atoms with Crippen molar-refractivity contribution in [2.24, 2.45) is 13.0 Å². The Bertz CT molecular complexity index is 1160. The third-order valence-corrected chi connectivity index (χ3v) is 5.98. The minimum Gasteiger partial charge on any atom is -0.387 e. The van der Waals surface area contributed by atoms with E-state index in [1.165, 1.54) is 11.3 Å². The summed E-state index contributed by atoms with van der Waals surface area (Å²) in [6.07, 6.45) is 3.79. The van der Waals surface area contributed by atoms with Gasteiger partial charge in [0.2, 0.25) is 5.92 Å². The highest BCUT2D eigenvalue weighted by Crippen LogP contribution is 2.49. The lowest BCUT2D eigenvalue weighted by Crippen LogP contribution is -2.38. The van der Waals surface area contributed by atoms with Gasteiger partial charge < -0.3 is 5.11 Å². The first-order valence-electron chi connectivity index (χ1n) is 8.50. The van der Waals surface area contributed by atoms with Gasteiger partial charge in [0.15, 0.2) is 5.65 Å². The molecule has 1 saturated carbocycles. The van der Waals surface area contributed by atoms with E-state index in [2.05, 4.69) is 20.1 Å². The number of aryl methyl sites for hydroxylation is 1.